The molecule has 1 N–H and O–H groups in total. The molecule has 0 bridgehead atoms. The van der Waals surface area contributed by atoms with E-state index < -0.39 is 0 Å². The summed E-state index contributed by atoms with van der Waals surface area (Å²) in [6, 6.07) is 12.8. The van der Waals surface area contributed by atoms with Crippen LogP contribution in [-0.2, 0) is 19.4 Å². The molecule has 3 rings (SSSR count). The topological polar surface area (TPSA) is 40.5 Å². The lowest BCUT2D eigenvalue weighted by atomic mass is 10.0. The number of aromatic nitrogens is 1. The first-order chi connectivity index (χ1) is 11.4. The number of fused-ring (bicyclic) bond motifs is 1. The minimum Gasteiger partial charge on any atom is -0.357 e. The van der Waals surface area contributed by atoms with Gasteiger partial charge in [-0.1, -0.05) is 30.3 Å². The van der Waals surface area contributed by atoms with E-state index in [2.05, 4.69) is 52.5 Å². The van der Waals surface area contributed by atoms with E-state index in [4.69, 9.17) is 4.99 Å². The smallest absolute Gasteiger partial charge is 0.194 e. The third-order valence-electron chi connectivity index (χ3n) is 4.15. The van der Waals surface area contributed by atoms with Gasteiger partial charge in [0.05, 0.1) is 0 Å². The lowest BCUT2D eigenvalue weighted by Gasteiger charge is -2.31. The highest BCUT2D eigenvalue weighted by Gasteiger charge is 2.18. The van der Waals surface area contributed by atoms with Crippen molar-refractivity contribution in [1.82, 2.24) is 15.2 Å². The van der Waals surface area contributed by atoms with Gasteiger partial charge in [-0.25, -0.2) is 0 Å². The predicted octanol–water partition coefficient (Wildman–Crippen LogP) is 2.65. The zero-order valence-corrected chi connectivity index (χ0v) is 13.7. The lowest BCUT2D eigenvalue weighted by Crippen LogP contribution is -2.44. The van der Waals surface area contributed by atoms with Gasteiger partial charge in [0.1, 0.15) is 0 Å². The van der Waals surface area contributed by atoms with Crippen LogP contribution in [0.4, 0.5) is 0 Å². The number of nitrogens with zero attached hydrogens (tertiary/aromatic N) is 3. The van der Waals surface area contributed by atoms with Gasteiger partial charge in [0.25, 0.3) is 0 Å². The van der Waals surface area contributed by atoms with Gasteiger partial charge >= 0.3 is 0 Å². The number of nitrogens with one attached hydrogen (secondary N) is 1. The molecule has 2 heterocycles. The molecule has 0 atom stereocenters. The Morgan fingerprint density at radius 3 is 2.87 bits per heavy atom. The number of benzene rings is 1. The molecule has 4 nitrogen and oxygen atoms in total. The van der Waals surface area contributed by atoms with Crippen LogP contribution in [0.3, 0.4) is 0 Å². The van der Waals surface area contributed by atoms with Gasteiger partial charge in [-0.2, -0.15) is 0 Å². The highest BCUT2D eigenvalue weighted by molar-refractivity contribution is 5.80. The van der Waals surface area contributed by atoms with Gasteiger partial charge in [0, 0.05) is 38.6 Å². The summed E-state index contributed by atoms with van der Waals surface area (Å²) in [6.45, 7) is 5.76. The Morgan fingerprint density at radius 2 is 2.09 bits per heavy atom. The molecule has 120 valence electrons. The van der Waals surface area contributed by atoms with Crippen molar-refractivity contribution in [3.63, 3.8) is 0 Å². The lowest BCUT2D eigenvalue weighted by molar-refractivity contribution is 0.379. The van der Waals surface area contributed by atoms with Gasteiger partial charge in [-0.3, -0.25) is 9.98 Å². The van der Waals surface area contributed by atoms with Crippen molar-refractivity contribution < 1.29 is 0 Å². The largest absolute Gasteiger partial charge is 0.357 e. The molecule has 0 aliphatic carbocycles. The summed E-state index contributed by atoms with van der Waals surface area (Å²) in [5.74, 6) is 1.02. The average Bonchev–Trinajstić information content (AvgIpc) is 2.61. The minimum atomic E-state index is 0.784. The molecule has 0 fully saturated rings. The van der Waals surface area contributed by atoms with Crippen LogP contribution in [0.1, 0.15) is 23.6 Å². The maximum absolute atomic E-state index is 4.81. The first-order valence-corrected chi connectivity index (χ1v) is 8.35. The Labute approximate surface area is 138 Å². The van der Waals surface area contributed by atoms with Gasteiger partial charge in [-0.05, 0) is 42.5 Å². The maximum Gasteiger partial charge on any atom is 0.194 e. The molecule has 1 aliphatic rings. The molecular formula is C19H24N4. The van der Waals surface area contributed by atoms with Crippen LogP contribution in [0.25, 0.3) is 0 Å². The third kappa shape index (κ3) is 4.09. The zero-order valence-electron chi connectivity index (χ0n) is 13.7. The molecule has 0 amide bonds. The number of guanidine groups is 1. The van der Waals surface area contributed by atoms with Gasteiger partial charge < -0.3 is 10.2 Å². The second kappa shape index (κ2) is 7.77. The molecule has 4 heteroatoms. The van der Waals surface area contributed by atoms with Crippen LogP contribution in [0.5, 0.6) is 0 Å². The Bertz CT molecular complexity index is 651. The van der Waals surface area contributed by atoms with E-state index in [1.807, 2.05) is 18.5 Å². The van der Waals surface area contributed by atoms with Crippen LogP contribution in [-0.4, -0.2) is 35.5 Å². The molecule has 1 aliphatic heterocycles. The molecule has 0 saturated carbocycles. The average molecular weight is 308 g/mol. The van der Waals surface area contributed by atoms with Gasteiger partial charge in [-0.15, -0.1) is 0 Å². The minimum absolute atomic E-state index is 0.784. The standard InChI is InChI=1S/C19H24N4/c1-2-21-19(22-12-9-16-6-5-11-20-14-16)23-13-10-17-7-3-4-8-18(17)15-23/h3-8,11,14H,2,9-10,12-13,15H2,1H3,(H,21,22). The van der Waals surface area contributed by atoms with Crippen molar-refractivity contribution in [2.24, 2.45) is 4.99 Å². The van der Waals surface area contributed by atoms with Gasteiger partial charge in [0.15, 0.2) is 5.96 Å². The zero-order chi connectivity index (χ0) is 15.9. The highest BCUT2D eigenvalue weighted by Crippen LogP contribution is 2.18. The van der Waals surface area contributed by atoms with Gasteiger partial charge in [0.2, 0.25) is 0 Å². The first kappa shape index (κ1) is 15.5. The summed E-state index contributed by atoms with van der Waals surface area (Å²) in [4.78, 5) is 11.3. The molecule has 23 heavy (non-hydrogen) atoms. The summed E-state index contributed by atoms with van der Waals surface area (Å²) in [7, 11) is 0. The Balaban J connectivity index is 1.65. The second-order valence-corrected chi connectivity index (χ2v) is 5.79. The van der Waals surface area contributed by atoms with E-state index in [0.717, 1.165) is 45.0 Å². The second-order valence-electron chi connectivity index (χ2n) is 5.79. The van der Waals surface area contributed by atoms with Crippen molar-refractivity contribution in [3.05, 3.63) is 65.5 Å². The third-order valence-corrected chi connectivity index (χ3v) is 4.15. The van der Waals surface area contributed by atoms with Crippen molar-refractivity contribution in [2.75, 3.05) is 19.6 Å². The normalized spacial score (nSPS) is 14.5. The molecule has 0 unspecified atom stereocenters. The maximum atomic E-state index is 4.81. The molecule has 0 radical (unpaired) electrons. The predicted molar refractivity (Wildman–Crippen MR) is 94.5 cm³/mol. The summed E-state index contributed by atoms with van der Waals surface area (Å²) in [5, 5.41) is 3.43. The van der Waals surface area contributed by atoms with E-state index in [1.165, 1.54) is 16.7 Å². The van der Waals surface area contributed by atoms with Crippen molar-refractivity contribution in [1.29, 1.82) is 0 Å². The van der Waals surface area contributed by atoms with E-state index >= 15 is 0 Å². The van der Waals surface area contributed by atoms with E-state index in [-0.39, 0.29) is 0 Å². The fourth-order valence-electron chi connectivity index (χ4n) is 2.94. The monoisotopic (exact) mass is 308 g/mol. The number of aliphatic imine (C=N–C) groups is 1. The highest BCUT2D eigenvalue weighted by atomic mass is 15.3. The first-order valence-electron chi connectivity index (χ1n) is 8.35. The number of hydrogen-bond donors (Lipinski definition) is 1. The molecular weight excluding hydrogens is 284 g/mol. The molecule has 2 aromatic rings. The fraction of sp³-hybridized carbons (Fsp3) is 0.368. The Kier molecular flexibility index (Phi) is 5.25. The summed E-state index contributed by atoms with van der Waals surface area (Å²) in [6.07, 6.45) is 5.73. The van der Waals surface area contributed by atoms with Crippen LogP contribution < -0.4 is 5.32 Å². The number of rotatable bonds is 4. The van der Waals surface area contributed by atoms with Crippen molar-refractivity contribution in [3.8, 4) is 0 Å². The van der Waals surface area contributed by atoms with E-state index in [0.29, 0.717) is 0 Å². The summed E-state index contributed by atoms with van der Waals surface area (Å²) >= 11 is 0. The van der Waals surface area contributed by atoms with E-state index in [1.54, 1.807) is 0 Å². The number of pyridine rings is 1. The molecule has 1 aromatic carbocycles. The van der Waals surface area contributed by atoms with E-state index in [9.17, 15) is 0 Å². The summed E-state index contributed by atoms with van der Waals surface area (Å²) < 4.78 is 0. The number of hydrogen-bond acceptors (Lipinski definition) is 2. The van der Waals surface area contributed by atoms with Crippen LogP contribution in [0, 0.1) is 0 Å². The molecule has 0 spiro atoms. The molecule has 1 aromatic heterocycles. The Morgan fingerprint density at radius 1 is 1.22 bits per heavy atom. The summed E-state index contributed by atoms with van der Waals surface area (Å²) in [5.41, 5.74) is 4.11. The van der Waals surface area contributed by atoms with Crippen LogP contribution in [0.2, 0.25) is 0 Å². The van der Waals surface area contributed by atoms with Crippen LogP contribution in [0.15, 0.2) is 53.8 Å². The molecule has 0 saturated heterocycles. The van der Waals surface area contributed by atoms with Crippen LogP contribution >= 0.6 is 0 Å². The quantitative estimate of drug-likeness (QED) is 0.697. The SMILES string of the molecule is CCNC(=NCCc1cccnc1)N1CCc2ccccc2C1. The van der Waals surface area contributed by atoms with Crippen molar-refractivity contribution >= 4 is 5.96 Å². The van der Waals surface area contributed by atoms with Crippen molar-refractivity contribution in [2.45, 2.75) is 26.3 Å². The Hall–Kier alpha value is -2.36. The fourth-order valence-corrected chi connectivity index (χ4v) is 2.94.